The van der Waals surface area contributed by atoms with Crippen molar-refractivity contribution >= 4 is 17.8 Å². The number of nitrogens with one attached hydrogen (secondary N) is 2. The second-order valence-electron chi connectivity index (χ2n) is 7.10. The number of carbonyl (C=O) groups excluding carboxylic acids is 3. The first-order valence-corrected chi connectivity index (χ1v) is 9.37. The van der Waals surface area contributed by atoms with E-state index in [1.165, 1.54) is 6.33 Å². The van der Waals surface area contributed by atoms with Crippen LogP contribution >= 0.6 is 0 Å². The molecule has 0 saturated carbocycles. The molecule has 1 aromatic heterocycles. The Morgan fingerprint density at radius 2 is 1.83 bits per heavy atom. The van der Waals surface area contributed by atoms with Crippen LogP contribution in [0.5, 0.6) is 0 Å². The zero-order chi connectivity index (χ0) is 21.1. The molecule has 4 amide bonds. The molecule has 152 valence electrons. The number of urea groups is 1. The Balaban J connectivity index is 1.36. The third-order valence-corrected chi connectivity index (χ3v) is 5.04. The van der Waals surface area contributed by atoms with Crippen LogP contribution in [-0.2, 0) is 21.7 Å². The molecule has 0 spiro atoms. The van der Waals surface area contributed by atoms with Gasteiger partial charge in [0.15, 0.2) is 0 Å². The number of nitrogens with zero attached hydrogens (tertiary/aromatic N) is 4. The molecule has 1 aliphatic heterocycles. The minimum atomic E-state index is -1.18. The van der Waals surface area contributed by atoms with Crippen molar-refractivity contribution in [1.82, 2.24) is 30.3 Å². The number of hydrogen-bond acceptors (Lipinski definition) is 5. The van der Waals surface area contributed by atoms with E-state index in [1.54, 1.807) is 42.2 Å². The average molecular weight is 404 g/mol. The highest BCUT2D eigenvalue weighted by atomic mass is 16.2. The van der Waals surface area contributed by atoms with Gasteiger partial charge in [-0.25, -0.2) is 14.5 Å². The molecular formula is C21H20N6O3. The van der Waals surface area contributed by atoms with Crippen LogP contribution in [0, 0.1) is 0 Å². The minimum Gasteiger partial charge on any atom is -0.350 e. The normalized spacial score (nSPS) is 18.4. The summed E-state index contributed by atoms with van der Waals surface area (Å²) < 4.78 is 1.63. The zero-order valence-corrected chi connectivity index (χ0v) is 16.3. The number of aromatic nitrogens is 3. The summed E-state index contributed by atoms with van der Waals surface area (Å²) in [5, 5.41) is 9.49. The van der Waals surface area contributed by atoms with Gasteiger partial charge in [-0.15, -0.1) is 0 Å². The number of carbonyl (C=O) groups is 3. The average Bonchev–Trinajstić information content (AvgIpc) is 3.37. The Hall–Kier alpha value is -4.01. The lowest BCUT2D eigenvalue weighted by Gasteiger charge is -2.22. The fourth-order valence-electron chi connectivity index (χ4n) is 3.32. The van der Waals surface area contributed by atoms with Gasteiger partial charge in [-0.2, -0.15) is 5.10 Å². The Morgan fingerprint density at radius 3 is 2.50 bits per heavy atom. The van der Waals surface area contributed by atoms with Gasteiger partial charge in [0.05, 0.1) is 5.69 Å². The fraction of sp³-hybridized carbons (Fsp3) is 0.190. The van der Waals surface area contributed by atoms with E-state index in [2.05, 4.69) is 20.7 Å². The van der Waals surface area contributed by atoms with E-state index in [1.807, 2.05) is 30.3 Å². The van der Waals surface area contributed by atoms with E-state index in [9.17, 15) is 14.4 Å². The van der Waals surface area contributed by atoms with Crippen molar-refractivity contribution in [2.75, 3.05) is 6.54 Å². The number of rotatable bonds is 6. The first-order valence-electron chi connectivity index (χ1n) is 9.37. The van der Waals surface area contributed by atoms with Gasteiger partial charge in [0.1, 0.15) is 24.7 Å². The second-order valence-corrected chi connectivity index (χ2v) is 7.10. The number of hydrogen-bond donors (Lipinski definition) is 2. The van der Waals surface area contributed by atoms with Gasteiger partial charge in [0, 0.05) is 6.54 Å². The first kappa shape index (κ1) is 19.3. The van der Waals surface area contributed by atoms with E-state index in [0.717, 1.165) is 16.2 Å². The summed E-state index contributed by atoms with van der Waals surface area (Å²) >= 11 is 0. The molecule has 0 radical (unpaired) electrons. The van der Waals surface area contributed by atoms with Crippen molar-refractivity contribution in [3.05, 3.63) is 78.4 Å². The van der Waals surface area contributed by atoms with Gasteiger partial charge in [-0.1, -0.05) is 42.5 Å². The van der Waals surface area contributed by atoms with Gasteiger partial charge in [-0.3, -0.25) is 14.5 Å². The van der Waals surface area contributed by atoms with Crippen molar-refractivity contribution in [3.8, 4) is 5.69 Å². The third-order valence-electron chi connectivity index (χ3n) is 5.04. The number of imide groups is 1. The highest BCUT2D eigenvalue weighted by Crippen LogP contribution is 2.28. The van der Waals surface area contributed by atoms with Crippen molar-refractivity contribution in [2.45, 2.75) is 19.0 Å². The van der Waals surface area contributed by atoms with Crippen molar-refractivity contribution < 1.29 is 14.4 Å². The van der Waals surface area contributed by atoms with E-state index in [4.69, 9.17) is 0 Å². The van der Waals surface area contributed by atoms with Crippen LogP contribution in [0.3, 0.4) is 0 Å². The molecule has 1 aliphatic rings. The Labute approximate surface area is 172 Å². The predicted octanol–water partition coefficient (Wildman–Crippen LogP) is 1.35. The maximum absolute atomic E-state index is 12.8. The summed E-state index contributed by atoms with van der Waals surface area (Å²) in [7, 11) is 0. The molecule has 30 heavy (non-hydrogen) atoms. The molecule has 2 N–H and O–H groups in total. The molecule has 9 heteroatoms. The lowest BCUT2D eigenvalue weighted by Crippen LogP contribution is -2.43. The lowest BCUT2D eigenvalue weighted by atomic mass is 9.92. The molecular weight excluding hydrogens is 384 g/mol. The summed E-state index contributed by atoms with van der Waals surface area (Å²) in [6.45, 7) is 1.57. The summed E-state index contributed by atoms with van der Waals surface area (Å²) in [5.41, 5.74) is 1.20. The maximum atomic E-state index is 12.8. The molecule has 1 fully saturated rings. The smallest absolute Gasteiger partial charge is 0.325 e. The zero-order valence-electron chi connectivity index (χ0n) is 16.3. The first-order chi connectivity index (χ1) is 14.5. The van der Waals surface area contributed by atoms with Gasteiger partial charge < -0.3 is 10.6 Å². The highest BCUT2D eigenvalue weighted by Gasteiger charge is 2.49. The SMILES string of the molecule is CC1(c2ccccc2)NC(=O)N(CC(=O)NCc2ccc(-n3cncn3)cc2)C1=O. The van der Waals surface area contributed by atoms with Crippen LogP contribution in [0.15, 0.2) is 67.3 Å². The van der Waals surface area contributed by atoms with E-state index >= 15 is 0 Å². The number of benzene rings is 2. The van der Waals surface area contributed by atoms with Crippen LogP contribution in [0.4, 0.5) is 4.79 Å². The molecule has 9 nitrogen and oxygen atoms in total. The monoisotopic (exact) mass is 404 g/mol. The predicted molar refractivity (Wildman–Crippen MR) is 107 cm³/mol. The van der Waals surface area contributed by atoms with Crippen LogP contribution in [0.25, 0.3) is 5.69 Å². The topological polar surface area (TPSA) is 109 Å². The van der Waals surface area contributed by atoms with Crippen LogP contribution in [-0.4, -0.2) is 44.1 Å². The fourth-order valence-corrected chi connectivity index (χ4v) is 3.32. The highest BCUT2D eigenvalue weighted by molar-refractivity contribution is 6.09. The molecule has 0 aliphatic carbocycles. The van der Waals surface area contributed by atoms with Gasteiger partial charge in [0.2, 0.25) is 5.91 Å². The lowest BCUT2D eigenvalue weighted by molar-refractivity contribution is -0.134. The summed E-state index contributed by atoms with van der Waals surface area (Å²) in [4.78, 5) is 42.4. The Kier molecular flexibility index (Phi) is 5.01. The summed E-state index contributed by atoms with van der Waals surface area (Å²) in [5.74, 6) is -0.873. The summed E-state index contributed by atoms with van der Waals surface area (Å²) in [6, 6.07) is 15.8. The van der Waals surface area contributed by atoms with E-state index in [-0.39, 0.29) is 13.1 Å². The molecule has 1 atom stereocenters. The van der Waals surface area contributed by atoms with Crippen molar-refractivity contribution in [2.24, 2.45) is 0 Å². The van der Waals surface area contributed by atoms with E-state index in [0.29, 0.717) is 5.56 Å². The van der Waals surface area contributed by atoms with Gasteiger partial charge >= 0.3 is 6.03 Å². The van der Waals surface area contributed by atoms with Gasteiger partial charge in [-0.05, 0) is 30.2 Å². The van der Waals surface area contributed by atoms with Crippen molar-refractivity contribution in [3.63, 3.8) is 0 Å². The van der Waals surface area contributed by atoms with Gasteiger partial charge in [0.25, 0.3) is 5.91 Å². The maximum Gasteiger partial charge on any atom is 0.325 e. The standard InChI is InChI=1S/C21H20N6O3/c1-21(16-5-3-2-4-6-16)19(29)26(20(30)25-21)12-18(28)23-11-15-7-9-17(10-8-15)27-14-22-13-24-27/h2-10,13-14H,11-12H2,1H3,(H,23,28)(H,25,30). The molecule has 1 unspecified atom stereocenters. The third kappa shape index (κ3) is 3.64. The summed E-state index contributed by atoms with van der Waals surface area (Å²) in [6.07, 6.45) is 3.05. The van der Waals surface area contributed by atoms with Crippen LogP contribution < -0.4 is 10.6 Å². The minimum absolute atomic E-state index is 0.274. The molecule has 4 rings (SSSR count). The van der Waals surface area contributed by atoms with Crippen LogP contribution in [0.1, 0.15) is 18.1 Å². The molecule has 2 aromatic carbocycles. The Morgan fingerprint density at radius 1 is 1.10 bits per heavy atom. The van der Waals surface area contributed by atoms with E-state index < -0.39 is 23.4 Å². The molecule has 1 saturated heterocycles. The molecule has 3 aromatic rings. The molecule has 0 bridgehead atoms. The Bertz CT molecular complexity index is 1070. The molecule has 2 heterocycles. The number of amides is 4. The van der Waals surface area contributed by atoms with Crippen molar-refractivity contribution in [1.29, 1.82) is 0 Å². The van der Waals surface area contributed by atoms with Crippen LogP contribution in [0.2, 0.25) is 0 Å². The second kappa shape index (κ2) is 7.78. The quantitative estimate of drug-likeness (QED) is 0.603. The largest absolute Gasteiger partial charge is 0.350 e.